The smallest absolute Gasteiger partial charge is 0.374 e. The van der Waals surface area contributed by atoms with Gasteiger partial charge in [-0.1, -0.05) is 11.6 Å². The molecule has 0 amide bonds. The van der Waals surface area contributed by atoms with Crippen molar-refractivity contribution < 1.29 is 23.4 Å². The van der Waals surface area contributed by atoms with Crippen LogP contribution in [0.5, 0.6) is 11.5 Å². The molecule has 0 fully saturated rings. The number of rotatable bonds is 3. The van der Waals surface area contributed by atoms with Crippen LogP contribution in [0.3, 0.4) is 0 Å². The number of hydrogen-bond donors (Lipinski definition) is 0. The molecule has 1 aliphatic rings. The van der Waals surface area contributed by atoms with E-state index in [-0.39, 0.29) is 12.4 Å². The third-order valence-electron chi connectivity index (χ3n) is 2.80. The maximum atomic E-state index is 11.8. The van der Waals surface area contributed by atoms with Crippen molar-refractivity contribution in [3.63, 3.8) is 0 Å². The third-order valence-corrected chi connectivity index (χ3v) is 3.51. The molecule has 0 saturated heterocycles. The number of halogens is 2. The molecule has 110 valence electrons. The first-order chi connectivity index (χ1) is 10.1. The number of ether oxygens (including phenoxy) is 3. The summed E-state index contributed by atoms with van der Waals surface area (Å²) in [5.41, 5.74) is 0.711. The lowest BCUT2D eigenvalue weighted by atomic mass is 10.2. The number of esters is 1. The Morgan fingerprint density at radius 2 is 2.10 bits per heavy atom. The Morgan fingerprint density at radius 3 is 2.86 bits per heavy atom. The van der Waals surface area contributed by atoms with Crippen LogP contribution in [0.25, 0.3) is 0 Å². The van der Waals surface area contributed by atoms with Crippen molar-refractivity contribution in [2.24, 2.45) is 0 Å². The molecule has 0 bridgehead atoms. The van der Waals surface area contributed by atoms with Crippen molar-refractivity contribution in [2.45, 2.75) is 6.61 Å². The summed E-state index contributed by atoms with van der Waals surface area (Å²) in [4.78, 5) is 11.8. The minimum absolute atomic E-state index is 0.0630. The van der Waals surface area contributed by atoms with E-state index in [9.17, 15) is 4.79 Å². The number of benzene rings is 1. The largest absolute Gasteiger partial charge is 0.486 e. The Kier molecular flexibility index (Phi) is 4.07. The number of furan rings is 1. The zero-order valence-electron chi connectivity index (χ0n) is 10.7. The SMILES string of the molecule is O=C(OCc1cc(Cl)c2c(c1)OCCO2)c1ccc(Br)o1. The Bertz CT molecular complexity index is 682. The predicted octanol–water partition coefficient (Wildman–Crippen LogP) is 3.82. The van der Waals surface area contributed by atoms with E-state index in [1.54, 1.807) is 18.2 Å². The van der Waals surface area contributed by atoms with Crippen LogP contribution in [0, 0.1) is 0 Å². The van der Waals surface area contributed by atoms with E-state index in [4.69, 9.17) is 30.2 Å². The van der Waals surface area contributed by atoms with Gasteiger partial charge in [0.15, 0.2) is 16.2 Å². The molecule has 21 heavy (non-hydrogen) atoms. The summed E-state index contributed by atoms with van der Waals surface area (Å²) in [6.45, 7) is 0.995. The molecule has 0 radical (unpaired) electrons. The van der Waals surface area contributed by atoms with Gasteiger partial charge in [-0.25, -0.2) is 4.79 Å². The van der Waals surface area contributed by atoms with Gasteiger partial charge < -0.3 is 18.6 Å². The fourth-order valence-corrected chi connectivity index (χ4v) is 2.49. The molecule has 0 saturated carbocycles. The van der Waals surface area contributed by atoms with Crippen LogP contribution in [-0.2, 0) is 11.3 Å². The van der Waals surface area contributed by atoms with Crippen molar-refractivity contribution in [3.8, 4) is 11.5 Å². The highest BCUT2D eigenvalue weighted by atomic mass is 79.9. The van der Waals surface area contributed by atoms with Gasteiger partial charge in [0.25, 0.3) is 0 Å². The number of hydrogen-bond acceptors (Lipinski definition) is 5. The lowest BCUT2D eigenvalue weighted by Crippen LogP contribution is -2.16. The summed E-state index contributed by atoms with van der Waals surface area (Å²) in [6, 6.07) is 6.58. The van der Waals surface area contributed by atoms with Crippen molar-refractivity contribution in [3.05, 3.63) is 45.3 Å². The van der Waals surface area contributed by atoms with Gasteiger partial charge in [-0.3, -0.25) is 0 Å². The van der Waals surface area contributed by atoms with Crippen LogP contribution in [0.15, 0.2) is 33.4 Å². The molecule has 1 aromatic heterocycles. The summed E-state index contributed by atoms with van der Waals surface area (Å²) < 4.78 is 21.6. The van der Waals surface area contributed by atoms with Gasteiger partial charge in [0.2, 0.25) is 5.76 Å². The zero-order valence-corrected chi connectivity index (χ0v) is 13.1. The Balaban J connectivity index is 1.71. The number of carbonyl (C=O) groups is 1. The van der Waals surface area contributed by atoms with Crippen LogP contribution in [-0.4, -0.2) is 19.2 Å². The average molecular weight is 374 g/mol. The molecule has 2 heterocycles. The molecule has 2 aromatic rings. The summed E-state index contributed by atoms with van der Waals surface area (Å²) >= 11 is 9.24. The Hall–Kier alpha value is -1.66. The van der Waals surface area contributed by atoms with Gasteiger partial charge >= 0.3 is 5.97 Å². The summed E-state index contributed by atoms with van der Waals surface area (Å²) in [5, 5.41) is 0.430. The van der Waals surface area contributed by atoms with Gasteiger partial charge in [0.05, 0.1) is 5.02 Å². The van der Waals surface area contributed by atoms with E-state index < -0.39 is 5.97 Å². The van der Waals surface area contributed by atoms with Crippen molar-refractivity contribution >= 4 is 33.5 Å². The van der Waals surface area contributed by atoms with Crippen LogP contribution >= 0.6 is 27.5 Å². The number of carbonyl (C=O) groups excluding carboxylic acids is 1. The van der Waals surface area contributed by atoms with E-state index in [1.165, 1.54) is 6.07 Å². The summed E-state index contributed by atoms with van der Waals surface area (Å²) in [6.07, 6.45) is 0. The van der Waals surface area contributed by atoms with Gasteiger partial charge in [-0.15, -0.1) is 0 Å². The minimum atomic E-state index is -0.549. The molecule has 1 aliphatic heterocycles. The molecular formula is C14H10BrClO5. The van der Waals surface area contributed by atoms with Crippen LogP contribution in [0.1, 0.15) is 16.1 Å². The molecule has 0 spiro atoms. The Labute approximate surface area is 133 Å². The summed E-state index contributed by atoms with van der Waals surface area (Å²) in [5.74, 6) is 0.658. The quantitative estimate of drug-likeness (QED) is 0.766. The van der Waals surface area contributed by atoms with Crippen molar-refractivity contribution in [1.82, 2.24) is 0 Å². The third kappa shape index (κ3) is 3.16. The van der Waals surface area contributed by atoms with Gasteiger partial charge in [-0.05, 0) is 45.8 Å². The molecule has 0 atom stereocenters. The molecule has 0 aliphatic carbocycles. The topological polar surface area (TPSA) is 57.9 Å². The second-order valence-electron chi connectivity index (χ2n) is 4.28. The lowest BCUT2D eigenvalue weighted by Gasteiger charge is -2.20. The van der Waals surface area contributed by atoms with Gasteiger partial charge in [0.1, 0.15) is 19.8 Å². The second kappa shape index (κ2) is 5.99. The fraction of sp³-hybridized carbons (Fsp3) is 0.214. The monoisotopic (exact) mass is 372 g/mol. The Morgan fingerprint density at radius 1 is 1.29 bits per heavy atom. The average Bonchev–Trinajstić information content (AvgIpc) is 2.91. The maximum Gasteiger partial charge on any atom is 0.374 e. The van der Waals surface area contributed by atoms with E-state index in [0.717, 1.165) is 0 Å². The molecule has 7 heteroatoms. The minimum Gasteiger partial charge on any atom is -0.486 e. The molecule has 1 aromatic carbocycles. The van der Waals surface area contributed by atoms with Crippen LogP contribution in [0.4, 0.5) is 0 Å². The van der Waals surface area contributed by atoms with E-state index in [1.807, 2.05) is 0 Å². The standard InChI is InChI=1S/C14H10BrClO5/c15-12-2-1-10(21-12)14(17)20-7-8-5-9(16)13-11(6-8)18-3-4-19-13/h1-2,5-6H,3-4,7H2. The molecule has 5 nitrogen and oxygen atoms in total. The van der Waals surface area contributed by atoms with Crippen LogP contribution < -0.4 is 9.47 Å². The summed E-state index contributed by atoms with van der Waals surface area (Å²) in [7, 11) is 0. The molecular weight excluding hydrogens is 364 g/mol. The normalized spacial score (nSPS) is 13.0. The van der Waals surface area contributed by atoms with Crippen molar-refractivity contribution in [1.29, 1.82) is 0 Å². The first kappa shape index (κ1) is 14.3. The van der Waals surface area contributed by atoms with Crippen LogP contribution in [0.2, 0.25) is 5.02 Å². The van der Waals surface area contributed by atoms with Gasteiger partial charge in [-0.2, -0.15) is 0 Å². The first-order valence-electron chi connectivity index (χ1n) is 6.14. The maximum absolute atomic E-state index is 11.8. The first-order valence-corrected chi connectivity index (χ1v) is 7.31. The van der Waals surface area contributed by atoms with E-state index in [2.05, 4.69) is 15.9 Å². The highest BCUT2D eigenvalue weighted by molar-refractivity contribution is 9.10. The highest BCUT2D eigenvalue weighted by Crippen LogP contribution is 2.38. The zero-order chi connectivity index (χ0) is 14.8. The molecule has 0 N–H and O–H groups in total. The van der Waals surface area contributed by atoms with E-state index in [0.29, 0.717) is 40.0 Å². The molecule has 3 rings (SSSR count). The van der Waals surface area contributed by atoms with Gasteiger partial charge in [0, 0.05) is 0 Å². The second-order valence-corrected chi connectivity index (χ2v) is 5.47. The predicted molar refractivity (Wildman–Crippen MR) is 78.0 cm³/mol. The molecule has 0 unspecified atom stereocenters. The fourth-order valence-electron chi connectivity index (χ4n) is 1.89. The highest BCUT2D eigenvalue weighted by Gasteiger charge is 2.18. The number of fused-ring (bicyclic) bond motifs is 1. The van der Waals surface area contributed by atoms with Crippen molar-refractivity contribution in [2.75, 3.05) is 13.2 Å². The van der Waals surface area contributed by atoms with E-state index >= 15 is 0 Å². The lowest BCUT2D eigenvalue weighted by molar-refractivity contribution is 0.0434.